The summed E-state index contributed by atoms with van der Waals surface area (Å²) in [5, 5.41) is 3.50. The van der Waals surface area contributed by atoms with Gasteiger partial charge in [0, 0.05) is 41.4 Å². The molecule has 0 aromatic carbocycles. The van der Waals surface area contributed by atoms with Gasteiger partial charge in [-0.3, -0.25) is 4.79 Å². The van der Waals surface area contributed by atoms with Gasteiger partial charge in [-0.1, -0.05) is 17.4 Å². The van der Waals surface area contributed by atoms with Gasteiger partial charge >= 0.3 is 0 Å². The van der Waals surface area contributed by atoms with Crippen LogP contribution in [0.3, 0.4) is 0 Å². The molecule has 1 aliphatic heterocycles. The summed E-state index contributed by atoms with van der Waals surface area (Å²) in [6.45, 7) is 3.55. The van der Waals surface area contributed by atoms with Crippen molar-refractivity contribution >= 4 is 40.3 Å². The fourth-order valence-corrected chi connectivity index (χ4v) is 6.21. The summed E-state index contributed by atoms with van der Waals surface area (Å²) in [4.78, 5) is 21.8. The SMILES string of the molecule is Cc1nc(-n2cccc2)sc1C(=O)N1CCSC(c2cccs2)CC1. The third-order valence-electron chi connectivity index (χ3n) is 4.29. The highest BCUT2D eigenvalue weighted by atomic mass is 32.2. The molecule has 1 atom stereocenters. The van der Waals surface area contributed by atoms with Gasteiger partial charge in [0.1, 0.15) is 4.88 Å². The Morgan fingerprint density at radius 2 is 2.08 bits per heavy atom. The lowest BCUT2D eigenvalue weighted by Gasteiger charge is -2.19. The van der Waals surface area contributed by atoms with Crippen LogP contribution in [0, 0.1) is 6.92 Å². The van der Waals surface area contributed by atoms with Gasteiger partial charge < -0.3 is 9.47 Å². The van der Waals surface area contributed by atoms with Crippen LogP contribution < -0.4 is 0 Å². The molecule has 1 fully saturated rings. The average molecular weight is 390 g/mol. The third-order valence-corrected chi connectivity index (χ3v) is 7.90. The lowest BCUT2D eigenvalue weighted by Crippen LogP contribution is -2.32. The summed E-state index contributed by atoms with van der Waals surface area (Å²) in [6, 6.07) is 8.25. The van der Waals surface area contributed by atoms with Crippen LogP contribution in [0.15, 0.2) is 42.0 Å². The molecule has 4 nitrogen and oxygen atoms in total. The quantitative estimate of drug-likeness (QED) is 0.656. The van der Waals surface area contributed by atoms with Gasteiger partial charge in [0.25, 0.3) is 5.91 Å². The van der Waals surface area contributed by atoms with Crippen molar-refractivity contribution < 1.29 is 4.79 Å². The zero-order chi connectivity index (χ0) is 17.2. The Kier molecular flexibility index (Phi) is 4.96. The Hall–Kier alpha value is -1.57. The minimum atomic E-state index is 0.126. The molecule has 0 spiro atoms. The smallest absolute Gasteiger partial charge is 0.265 e. The number of thiophene rings is 1. The van der Waals surface area contributed by atoms with E-state index < -0.39 is 0 Å². The Morgan fingerprint density at radius 1 is 1.24 bits per heavy atom. The van der Waals surface area contributed by atoms with E-state index in [2.05, 4.69) is 22.5 Å². The molecule has 1 amide bonds. The zero-order valence-electron chi connectivity index (χ0n) is 13.9. The molecule has 4 heterocycles. The largest absolute Gasteiger partial charge is 0.337 e. The van der Waals surface area contributed by atoms with Gasteiger partial charge in [0.2, 0.25) is 0 Å². The molecule has 0 bridgehead atoms. The lowest BCUT2D eigenvalue weighted by molar-refractivity contribution is 0.0770. The van der Waals surface area contributed by atoms with E-state index in [1.165, 1.54) is 16.2 Å². The highest BCUT2D eigenvalue weighted by Gasteiger charge is 2.26. The van der Waals surface area contributed by atoms with Gasteiger partial charge in [-0.05, 0) is 36.9 Å². The van der Waals surface area contributed by atoms with Crippen molar-refractivity contribution in [3.05, 3.63) is 57.5 Å². The molecule has 25 heavy (non-hydrogen) atoms. The molecule has 3 aromatic heterocycles. The van der Waals surface area contributed by atoms with E-state index in [1.807, 2.05) is 64.0 Å². The van der Waals surface area contributed by atoms with Crippen LogP contribution in [0.25, 0.3) is 5.13 Å². The Balaban J connectivity index is 1.49. The highest BCUT2D eigenvalue weighted by molar-refractivity contribution is 7.99. The van der Waals surface area contributed by atoms with Crippen LogP contribution in [0.4, 0.5) is 0 Å². The molecule has 7 heteroatoms. The van der Waals surface area contributed by atoms with Crippen molar-refractivity contribution in [2.45, 2.75) is 18.6 Å². The molecule has 3 aromatic rings. The van der Waals surface area contributed by atoms with E-state index in [-0.39, 0.29) is 5.91 Å². The summed E-state index contributed by atoms with van der Waals surface area (Å²) in [7, 11) is 0. The van der Waals surface area contributed by atoms with E-state index in [0.717, 1.165) is 41.0 Å². The van der Waals surface area contributed by atoms with Crippen molar-refractivity contribution in [3.63, 3.8) is 0 Å². The minimum Gasteiger partial charge on any atom is -0.337 e. The number of carbonyl (C=O) groups is 1. The van der Waals surface area contributed by atoms with E-state index in [0.29, 0.717) is 5.25 Å². The first-order chi connectivity index (χ1) is 12.2. The number of rotatable bonds is 3. The second kappa shape index (κ2) is 7.35. The number of amides is 1. The second-order valence-corrected chi connectivity index (χ2v) is 9.22. The van der Waals surface area contributed by atoms with Crippen molar-refractivity contribution in [2.75, 3.05) is 18.8 Å². The molecule has 4 rings (SSSR count). The minimum absolute atomic E-state index is 0.126. The maximum atomic E-state index is 13.0. The molecule has 0 N–H and O–H groups in total. The molecule has 0 radical (unpaired) electrons. The summed E-state index contributed by atoms with van der Waals surface area (Å²) in [5.41, 5.74) is 0.824. The molecule has 0 aliphatic carbocycles. The molecule has 1 saturated heterocycles. The number of nitrogens with zero attached hydrogens (tertiary/aromatic N) is 3. The summed E-state index contributed by atoms with van der Waals surface area (Å²) < 4.78 is 1.96. The molecule has 0 saturated carbocycles. The third kappa shape index (κ3) is 3.54. The standard InChI is InChI=1S/C18H19N3OS3/c1-13-16(25-18(19-13)21-7-2-3-8-21)17(22)20-9-6-15(24-12-10-20)14-5-4-11-23-14/h2-5,7-8,11,15H,6,9-10,12H2,1H3. The van der Waals surface area contributed by atoms with Crippen LogP contribution in [0.5, 0.6) is 0 Å². The Labute approximate surface area is 159 Å². The molecule has 1 unspecified atom stereocenters. The predicted molar refractivity (Wildman–Crippen MR) is 106 cm³/mol. The molecular formula is C18H19N3OS3. The van der Waals surface area contributed by atoms with E-state index in [1.54, 1.807) is 0 Å². The number of thiazole rings is 1. The highest BCUT2D eigenvalue weighted by Crippen LogP contribution is 2.37. The van der Waals surface area contributed by atoms with E-state index in [4.69, 9.17) is 0 Å². The number of thioether (sulfide) groups is 1. The van der Waals surface area contributed by atoms with Gasteiger partial charge in [0.05, 0.1) is 5.69 Å². The van der Waals surface area contributed by atoms with Crippen molar-refractivity contribution in [3.8, 4) is 5.13 Å². The van der Waals surface area contributed by atoms with Crippen LogP contribution >= 0.6 is 34.4 Å². The predicted octanol–water partition coefficient (Wildman–Crippen LogP) is 4.62. The normalized spacial score (nSPS) is 18.3. The van der Waals surface area contributed by atoms with Crippen LogP contribution in [0.1, 0.15) is 31.9 Å². The number of aromatic nitrogens is 2. The van der Waals surface area contributed by atoms with Crippen molar-refractivity contribution in [1.82, 2.24) is 14.5 Å². The Morgan fingerprint density at radius 3 is 2.84 bits per heavy atom. The summed E-state index contributed by atoms with van der Waals surface area (Å²) >= 11 is 5.26. The first-order valence-electron chi connectivity index (χ1n) is 8.27. The van der Waals surface area contributed by atoms with E-state index >= 15 is 0 Å². The van der Waals surface area contributed by atoms with Crippen LogP contribution in [0.2, 0.25) is 0 Å². The number of carbonyl (C=O) groups excluding carboxylic acids is 1. The van der Waals surface area contributed by atoms with E-state index in [9.17, 15) is 4.79 Å². The fraction of sp³-hybridized carbons (Fsp3) is 0.333. The first-order valence-corrected chi connectivity index (χ1v) is 11.0. The Bertz CT molecular complexity index is 839. The summed E-state index contributed by atoms with van der Waals surface area (Å²) in [6.07, 6.45) is 4.93. The van der Waals surface area contributed by atoms with Gasteiger partial charge in [-0.25, -0.2) is 4.98 Å². The molecule has 1 aliphatic rings. The molecule has 130 valence electrons. The monoisotopic (exact) mass is 389 g/mol. The average Bonchev–Trinajstić information content (AvgIpc) is 3.34. The van der Waals surface area contributed by atoms with Crippen molar-refractivity contribution in [2.24, 2.45) is 0 Å². The lowest BCUT2D eigenvalue weighted by atomic mass is 10.2. The fourth-order valence-electron chi connectivity index (χ4n) is 2.97. The van der Waals surface area contributed by atoms with Crippen molar-refractivity contribution in [1.29, 1.82) is 0 Å². The molecular weight excluding hydrogens is 370 g/mol. The summed E-state index contributed by atoms with van der Waals surface area (Å²) in [5.74, 6) is 1.11. The first kappa shape index (κ1) is 16.9. The maximum absolute atomic E-state index is 13.0. The van der Waals surface area contributed by atoms with Gasteiger partial charge in [0.15, 0.2) is 5.13 Å². The maximum Gasteiger partial charge on any atom is 0.265 e. The van der Waals surface area contributed by atoms with Gasteiger partial charge in [-0.2, -0.15) is 11.8 Å². The zero-order valence-corrected chi connectivity index (χ0v) is 16.4. The van der Waals surface area contributed by atoms with Gasteiger partial charge in [-0.15, -0.1) is 11.3 Å². The number of hydrogen-bond acceptors (Lipinski definition) is 5. The second-order valence-electron chi connectivity index (χ2n) is 5.96. The topological polar surface area (TPSA) is 38.1 Å². The van der Waals surface area contributed by atoms with Crippen LogP contribution in [-0.2, 0) is 0 Å². The van der Waals surface area contributed by atoms with Crippen LogP contribution in [-0.4, -0.2) is 39.2 Å². The number of hydrogen-bond donors (Lipinski definition) is 0. The number of aryl methyl sites for hydroxylation is 1.